The van der Waals surface area contributed by atoms with E-state index in [4.69, 9.17) is 27.9 Å². The van der Waals surface area contributed by atoms with E-state index >= 15 is 0 Å². The van der Waals surface area contributed by atoms with E-state index in [0.29, 0.717) is 34.3 Å². The molecule has 8 heteroatoms. The Kier molecular flexibility index (Phi) is 5.46. The molecule has 0 aliphatic carbocycles. The zero-order valence-corrected chi connectivity index (χ0v) is 16.4. The van der Waals surface area contributed by atoms with E-state index < -0.39 is 10.0 Å². The molecule has 2 aromatic carbocycles. The molecule has 0 saturated heterocycles. The number of anilines is 1. The van der Waals surface area contributed by atoms with Gasteiger partial charge in [-0.05, 0) is 48.7 Å². The van der Waals surface area contributed by atoms with Gasteiger partial charge in [-0.2, -0.15) is 0 Å². The molecule has 0 atom stereocenters. The molecule has 0 unspecified atom stereocenters. The number of halogens is 2. The predicted molar refractivity (Wildman–Crippen MR) is 103 cm³/mol. The number of para-hydroxylation sites is 1. The Hall–Kier alpha value is -1.76. The first kappa shape index (κ1) is 19.0. The number of aryl methyl sites for hydroxylation is 1. The van der Waals surface area contributed by atoms with E-state index in [-0.39, 0.29) is 18.1 Å². The van der Waals surface area contributed by atoms with Crippen molar-refractivity contribution in [2.45, 2.75) is 12.8 Å². The van der Waals surface area contributed by atoms with Crippen molar-refractivity contribution in [1.82, 2.24) is 0 Å². The Labute approximate surface area is 162 Å². The number of ether oxygens (including phenoxy) is 1. The number of carbonyl (C=O) groups is 1. The van der Waals surface area contributed by atoms with Crippen LogP contribution in [0.4, 0.5) is 5.69 Å². The van der Waals surface area contributed by atoms with Crippen LogP contribution in [0.15, 0.2) is 36.4 Å². The zero-order valence-electron chi connectivity index (χ0n) is 14.0. The minimum absolute atomic E-state index is 0.210. The van der Waals surface area contributed by atoms with E-state index in [2.05, 4.69) is 0 Å². The summed E-state index contributed by atoms with van der Waals surface area (Å²) in [7, 11) is -3.33. The number of nitrogens with zero attached hydrogens (tertiary/aromatic N) is 1. The maximum Gasteiger partial charge on any atom is 0.232 e. The highest BCUT2D eigenvalue weighted by Crippen LogP contribution is 2.33. The molecule has 0 N–H and O–H groups in total. The van der Waals surface area contributed by atoms with Gasteiger partial charge in [-0.1, -0.05) is 29.3 Å². The average molecular weight is 414 g/mol. The van der Waals surface area contributed by atoms with Gasteiger partial charge in [-0.15, -0.1) is 0 Å². The molecule has 1 aliphatic rings. The number of rotatable bonds is 5. The van der Waals surface area contributed by atoms with Crippen LogP contribution in [-0.4, -0.2) is 33.6 Å². The molecule has 0 spiro atoms. The smallest absolute Gasteiger partial charge is 0.232 e. The van der Waals surface area contributed by atoms with Crippen LogP contribution < -0.4 is 9.04 Å². The molecule has 2 aromatic rings. The molecule has 1 aliphatic heterocycles. The SMILES string of the molecule is CS(=O)(=O)N1CCCc2cc(C(=O)COc3c(Cl)cccc3Cl)ccc21. The van der Waals surface area contributed by atoms with E-state index in [1.54, 1.807) is 36.4 Å². The molecule has 0 amide bonds. The van der Waals surface area contributed by atoms with Crippen LogP contribution >= 0.6 is 23.2 Å². The summed E-state index contributed by atoms with van der Waals surface area (Å²) in [6.45, 7) is 0.241. The van der Waals surface area contributed by atoms with Gasteiger partial charge < -0.3 is 4.74 Å². The number of Topliss-reactive ketones (excluding diaryl/α,β-unsaturated/α-hetero) is 1. The largest absolute Gasteiger partial charge is 0.482 e. The normalized spacial score (nSPS) is 14.0. The minimum Gasteiger partial charge on any atom is -0.482 e. The fourth-order valence-electron chi connectivity index (χ4n) is 2.92. The Morgan fingerprint density at radius 1 is 1.19 bits per heavy atom. The van der Waals surface area contributed by atoms with Crippen molar-refractivity contribution in [1.29, 1.82) is 0 Å². The van der Waals surface area contributed by atoms with E-state index in [1.807, 2.05) is 0 Å². The third-order valence-electron chi connectivity index (χ3n) is 4.14. The second kappa shape index (κ2) is 7.47. The van der Waals surface area contributed by atoms with Crippen molar-refractivity contribution in [2.24, 2.45) is 0 Å². The lowest BCUT2D eigenvalue weighted by Gasteiger charge is -2.29. The van der Waals surface area contributed by atoms with Gasteiger partial charge in [0.2, 0.25) is 10.0 Å². The van der Waals surface area contributed by atoms with Gasteiger partial charge in [-0.25, -0.2) is 8.42 Å². The molecule has 5 nitrogen and oxygen atoms in total. The summed E-state index contributed by atoms with van der Waals surface area (Å²) >= 11 is 12.1. The Balaban J connectivity index is 1.79. The second-order valence-electron chi connectivity index (χ2n) is 6.04. The molecule has 0 bridgehead atoms. The number of benzene rings is 2. The van der Waals surface area contributed by atoms with Gasteiger partial charge in [0.25, 0.3) is 0 Å². The van der Waals surface area contributed by atoms with Crippen molar-refractivity contribution < 1.29 is 17.9 Å². The Morgan fingerprint density at radius 2 is 1.88 bits per heavy atom. The summed E-state index contributed by atoms with van der Waals surface area (Å²) in [5.41, 5.74) is 1.93. The highest BCUT2D eigenvalue weighted by molar-refractivity contribution is 7.92. The number of carbonyl (C=O) groups excluding carboxylic acids is 1. The first-order chi connectivity index (χ1) is 12.3. The summed E-state index contributed by atoms with van der Waals surface area (Å²) in [6.07, 6.45) is 2.62. The van der Waals surface area contributed by atoms with Gasteiger partial charge in [0, 0.05) is 12.1 Å². The summed E-state index contributed by atoms with van der Waals surface area (Å²) in [5, 5.41) is 0.666. The van der Waals surface area contributed by atoms with Crippen LogP contribution in [0.3, 0.4) is 0 Å². The molecule has 26 heavy (non-hydrogen) atoms. The number of hydrogen-bond acceptors (Lipinski definition) is 4. The molecule has 0 aromatic heterocycles. The molecule has 0 fully saturated rings. The molecule has 0 radical (unpaired) electrons. The first-order valence-electron chi connectivity index (χ1n) is 7.98. The van der Waals surface area contributed by atoms with Crippen molar-refractivity contribution in [3.8, 4) is 5.75 Å². The number of sulfonamides is 1. The fourth-order valence-corrected chi connectivity index (χ4v) is 4.42. The van der Waals surface area contributed by atoms with Gasteiger partial charge in [0.05, 0.1) is 22.0 Å². The molecule has 3 rings (SSSR count). The van der Waals surface area contributed by atoms with Crippen molar-refractivity contribution in [2.75, 3.05) is 23.7 Å². The Bertz CT molecular complexity index is 939. The van der Waals surface area contributed by atoms with Gasteiger partial charge in [0.1, 0.15) is 0 Å². The van der Waals surface area contributed by atoms with Crippen LogP contribution in [0.25, 0.3) is 0 Å². The average Bonchev–Trinajstić information content (AvgIpc) is 2.59. The number of hydrogen-bond donors (Lipinski definition) is 0. The van der Waals surface area contributed by atoms with Gasteiger partial charge in [-0.3, -0.25) is 9.10 Å². The van der Waals surface area contributed by atoms with Crippen molar-refractivity contribution in [3.63, 3.8) is 0 Å². The minimum atomic E-state index is -3.33. The van der Waals surface area contributed by atoms with E-state index in [9.17, 15) is 13.2 Å². The molecule has 1 heterocycles. The maximum absolute atomic E-state index is 12.5. The maximum atomic E-state index is 12.5. The highest BCUT2D eigenvalue weighted by atomic mass is 35.5. The molecule has 138 valence electrons. The third-order valence-corrected chi connectivity index (χ3v) is 5.92. The summed E-state index contributed by atoms with van der Waals surface area (Å²) in [6, 6.07) is 9.97. The topological polar surface area (TPSA) is 63.7 Å². The Morgan fingerprint density at radius 3 is 2.54 bits per heavy atom. The lowest BCUT2D eigenvalue weighted by molar-refractivity contribution is 0.0921. The lowest BCUT2D eigenvalue weighted by atomic mass is 9.99. The summed E-state index contributed by atoms with van der Waals surface area (Å²) < 4.78 is 30.7. The molecular weight excluding hydrogens is 397 g/mol. The van der Waals surface area contributed by atoms with Crippen LogP contribution in [0.2, 0.25) is 10.0 Å². The van der Waals surface area contributed by atoms with E-state index in [1.165, 1.54) is 10.6 Å². The first-order valence-corrected chi connectivity index (χ1v) is 10.6. The van der Waals surface area contributed by atoms with Gasteiger partial charge in [0.15, 0.2) is 18.1 Å². The zero-order chi connectivity index (χ0) is 18.9. The molecular formula is C18H17Cl2NO4S. The van der Waals surface area contributed by atoms with Crippen LogP contribution in [0.5, 0.6) is 5.75 Å². The van der Waals surface area contributed by atoms with E-state index in [0.717, 1.165) is 12.0 Å². The van der Waals surface area contributed by atoms with Crippen LogP contribution in [0.1, 0.15) is 22.3 Å². The predicted octanol–water partition coefficient (Wildman–Crippen LogP) is 3.97. The quantitative estimate of drug-likeness (QED) is 0.695. The van der Waals surface area contributed by atoms with Gasteiger partial charge >= 0.3 is 0 Å². The molecule has 0 saturated carbocycles. The number of ketones is 1. The van der Waals surface area contributed by atoms with Crippen LogP contribution in [0, 0.1) is 0 Å². The monoisotopic (exact) mass is 413 g/mol. The van der Waals surface area contributed by atoms with Crippen LogP contribution in [-0.2, 0) is 16.4 Å². The summed E-state index contributed by atoms with van der Waals surface area (Å²) in [4.78, 5) is 12.5. The summed E-state index contributed by atoms with van der Waals surface area (Å²) in [5.74, 6) is 0.0330. The highest BCUT2D eigenvalue weighted by Gasteiger charge is 2.24. The fraction of sp³-hybridized carbons (Fsp3) is 0.278. The third kappa shape index (κ3) is 3.98. The standard InChI is InChI=1S/C18H17Cl2NO4S/c1-26(23,24)21-9-3-4-12-10-13(7-8-16(12)21)17(22)11-25-18-14(19)5-2-6-15(18)20/h2,5-8,10H,3-4,9,11H2,1H3. The number of fused-ring (bicyclic) bond motifs is 1. The second-order valence-corrected chi connectivity index (χ2v) is 8.77. The lowest BCUT2D eigenvalue weighted by Crippen LogP contribution is -2.34. The van der Waals surface area contributed by atoms with Crippen molar-refractivity contribution >= 4 is 44.7 Å². The van der Waals surface area contributed by atoms with Crippen molar-refractivity contribution in [3.05, 3.63) is 57.6 Å².